The Kier molecular flexibility index (Phi) is 4.81. The van der Waals surface area contributed by atoms with E-state index in [0.29, 0.717) is 12.2 Å². The van der Waals surface area contributed by atoms with Crippen LogP contribution in [0.4, 0.5) is 20.3 Å². The SMILES string of the molecule is Cc1ccc(-c2cn3c4c(nc3cc2C)CCCN4c2ccccc2OC(F)F)cn1. The predicted molar refractivity (Wildman–Crippen MR) is 116 cm³/mol. The fourth-order valence-corrected chi connectivity index (χ4v) is 4.22. The molecule has 0 saturated heterocycles. The summed E-state index contributed by atoms with van der Waals surface area (Å²) in [5, 5.41) is 0. The fraction of sp³-hybridized carbons (Fsp3) is 0.250. The first-order valence-corrected chi connectivity index (χ1v) is 10.3. The highest BCUT2D eigenvalue weighted by atomic mass is 19.3. The topological polar surface area (TPSA) is 42.7 Å². The summed E-state index contributed by atoms with van der Waals surface area (Å²) < 4.78 is 32.9. The highest BCUT2D eigenvalue weighted by Gasteiger charge is 2.27. The number of anilines is 2. The molecule has 0 aliphatic carbocycles. The minimum atomic E-state index is -2.88. The maximum absolute atomic E-state index is 13.0. The number of benzene rings is 1. The van der Waals surface area contributed by atoms with Crippen molar-refractivity contribution in [3.8, 4) is 16.9 Å². The number of alkyl halides is 2. The van der Waals surface area contributed by atoms with Gasteiger partial charge in [0.15, 0.2) is 0 Å². The lowest BCUT2D eigenvalue weighted by Gasteiger charge is -2.30. The summed E-state index contributed by atoms with van der Waals surface area (Å²) >= 11 is 0. The molecule has 7 heteroatoms. The molecule has 1 aliphatic rings. The quantitative estimate of drug-likeness (QED) is 0.425. The molecule has 5 nitrogen and oxygen atoms in total. The van der Waals surface area contributed by atoms with Gasteiger partial charge in [-0.1, -0.05) is 18.2 Å². The van der Waals surface area contributed by atoms with Gasteiger partial charge in [-0.3, -0.25) is 9.38 Å². The summed E-state index contributed by atoms with van der Waals surface area (Å²) in [6, 6.07) is 13.0. The number of pyridine rings is 2. The molecule has 3 aromatic heterocycles. The van der Waals surface area contributed by atoms with Crippen molar-refractivity contribution in [3.05, 3.63) is 71.8 Å². The second-order valence-electron chi connectivity index (χ2n) is 7.77. The maximum Gasteiger partial charge on any atom is 0.387 e. The number of hydrogen-bond acceptors (Lipinski definition) is 4. The number of halogens is 2. The molecule has 0 atom stereocenters. The van der Waals surface area contributed by atoms with Gasteiger partial charge in [-0.2, -0.15) is 8.78 Å². The Balaban J connectivity index is 1.68. The van der Waals surface area contributed by atoms with Gasteiger partial charge in [-0.05, 0) is 56.5 Å². The highest BCUT2D eigenvalue weighted by Crippen LogP contribution is 2.40. The molecule has 1 aromatic carbocycles. The Bertz CT molecular complexity index is 1250. The zero-order valence-electron chi connectivity index (χ0n) is 17.3. The van der Waals surface area contributed by atoms with E-state index in [0.717, 1.165) is 52.4 Å². The molecule has 158 valence electrons. The van der Waals surface area contributed by atoms with Crippen molar-refractivity contribution >= 4 is 17.2 Å². The van der Waals surface area contributed by atoms with Gasteiger partial charge >= 0.3 is 6.61 Å². The summed E-state index contributed by atoms with van der Waals surface area (Å²) in [6.07, 6.45) is 5.66. The summed E-state index contributed by atoms with van der Waals surface area (Å²) in [6.45, 7) is 1.84. The molecule has 1 aliphatic heterocycles. The average Bonchev–Trinajstić information content (AvgIpc) is 3.11. The maximum atomic E-state index is 13.0. The number of fused-ring (bicyclic) bond motifs is 3. The van der Waals surface area contributed by atoms with Crippen molar-refractivity contribution in [3.63, 3.8) is 0 Å². The lowest BCUT2D eigenvalue weighted by Crippen LogP contribution is -2.26. The van der Waals surface area contributed by atoms with Crippen LogP contribution in [-0.2, 0) is 6.42 Å². The minimum absolute atomic E-state index is 0.162. The number of rotatable bonds is 4. The van der Waals surface area contributed by atoms with Gasteiger partial charge < -0.3 is 9.64 Å². The van der Waals surface area contributed by atoms with Crippen LogP contribution < -0.4 is 9.64 Å². The molecule has 31 heavy (non-hydrogen) atoms. The molecule has 0 fully saturated rings. The number of nitrogens with zero attached hydrogens (tertiary/aromatic N) is 4. The number of para-hydroxylation sites is 2. The van der Waals surface area contributed by atoms with E-state index in [1.807, 2.05) is 36.2 Å². The second kappa shape index (κ2) is 7.65. The van der Waals surface area contributed by atoms with Crippen molar-refractivity contribution in [1.29, 1.82) is 0 Å². The van der Waals surface area contributed by atoms with Gasteiger partial charge in [0.1, 0.15) is 17.2 Å². The van der Waals surface area contributed by atoms with Gasteiger partial charge in [0.2, 0.25) is 0 Å². The van der Waals surface area contributed by atoms with Crippen LogP contribution in [0.2, 0.25) is 0 Å². The molecule has 5 rings (SSSR count). The lowest BCUT2D eigenvalue weighted by molar-refractivity contribution is -0.0494. The summed E-state index contributed by atoms with van der Waals surface area (Å²) in [5.41, 5.74) is 6.56. The van der Waals surface area contributed by atoms with E-state index in [1.54, 1.807) is 12.1 Å². The van der Waals surface area contributed by atoms with E-state index in [9.17, 15) is 8.78 Å². The summed E-state index contributed by atoms with van der Waals surface area (Å²) in [7, 11) is 0. The van der Waals surface area contributed by atoms with E-state index in [1.165, 1.54) is 0 Å². The van der Waals surface area contributed by atoms with Crippen LogP contribution >= 0.6 is 0 Å². The van der Waals surface area contributed by atoms with Crippen LogP contribution in [0, 0.1) is 13.8 Å². The second-order valence-corrected chi connectivity index (χ2v) is 7.77. The van der Waals surface area contributed by atoms with Crippen molar-refractivity contribution in [2.75, 3.05) is 11.4 Å². The van der Waals surface area contributed by atoms with Crippen LogP contribution in [0.5, 0.6) is 5.75 Å². The zero-order valence-corrected chi connectivity index (χ0v) is 17.3. The standard InChI is InChI=1S/C24H22F2N4O/c1-15-12-22-28-19-6-5-11-29(20-7-3-4-8-21(20)31-24(25)26)23(19)30(22)14-18(15)17-10-9-16(2)27-13-17/h3-4,7-10,12-14,24H,5-6,11H2,1-2H3. The zero-order chi connectivity index (χ0) is 21.5. The lowest BCUT2D eigenvalue weighted by atomic mass is 10.0. The molecule has 0 amide bonds. The van der Waals surface area contributed by atoms with E-state index in [2.05, 4.69) is 34.6 Å². The van der Waals surface area contributed by atoms with Crippen LogP contribution in [0.25, 0.3) is 16.8 Å². The van der Waals surface area contributed by atoms with E-state index >= 15 is 0 Å². The van der Waals surface area contributed by atoms with Crippen LogP contribution in [0.15, 0.2) is 54.9 Å². The Morgan fingerprint density at radius 3 is 2.71 bits per heavy atom. The smallest absolute Gasteiger partial charge is 0.387 e. The van der Waals surface area contributed by atoms with Crippen molar-refractivity contribution in [1.82, 2.24) is 14.4 Å². The average molecular weight is 420 g/mol. The largest absolute Gasteiger partial charge is 0.433 e. The molecule has 4 aromatic rings. The van der Waals surface area contributed by atoms with Gasteiger partial charge in [-0.25, -0.2) is 4.98 Å². The number of aromatic nitrogens is 3. The summed E-state index contributed by atoms with van der Waals surface area (Å²) in [5.74, 6) is 1.06. The van der Waals surface area contributed by atoms with Gasteiger partial charge in [0, 0.05) is 35.8 Å². The van der Waals surface area contributed by atoms with E-state index < -0.39 is 6.61 Å². The van der Waals surface area contributed by atoms with Gasteiger partial charge in [-0.15, -0.1) is 0 Å². The Labute approximate surface area is 178 Å². The normalized spacial score (nSPS) is 13.6. The third kappa shape index (κ3) is 3.50. The predicted octanol–water partition coefficient (Wildman–Crippen LogP) is 5.70. The number of aryl methyl sites for hydroxylation is 3. The van der Waals surface area contributed by atoms with Crippen molar-refractivity contribution in [2.45, 2.75) is 33.3 Å². The fourth-order valence-electron chi connectivity index (χ4n) is 4.22. The third-order valence-corrected chi connectivity index (χ3v) is 5.66. The van der Waals surface area contributed by atoms with Gasteiger partial charge in [0.25, 0.3) is 0 Å². The molecule has 0 unspecified atom stereocenters. The van der Waals surface area contributed by atoms with Gasteiger partial charge in [0.05, 0.1) is 11.4 Å². The first kappa shape index (κ1) is 19.5. The van der Waals surface area contributed by atoms with Crippen molar-refractivity contribution < 1.29 is 13.5 Å². The first-order valence-electron chi connectivity index (χ1n) is 10.3. The van der Waals surface area contributed by atoms with Crippen LogP contribution in [0.3, 0.4) is 0 Å². The Hall–Kier alpha value is -3.48. The number of imidazole rings is 1. The van der Waals surface area contributed by atoms with E-state index in [-0.39, 0.29) is 5.75 Å². The Morgan fingerprint density at radius 2 is 1.94 bits per heavy atom. The number of ether oxygens (including phenoxy) is 1. The first-order chi connectivity index (χ1) is 15.0. The number of hydrogen-bond donors (Lipinski definition) is 0. The molecule has 0 N–H and O–H groups in total. The molecule has 0 spiro atoms. The third-order valence-electron chi connectivity index (χ3n) is 5.66. The minimum Gasteiger partial charge on any atom is -0.433 e. The molecule has 0 bridgehead atoms. The molecule has 0 saturated carbocycles. The monoisotopic (exact) mass is 420 g/mol. The highest BCUT2D eigenvalue weighted by molar-refractivity contribution is 5.75. The molecule has 4 heterocycles. The molecule has 0 radical (unpaired) electrons. The van der Waals surface area contributed by atoms with Crippen LogP contribution in [0.1, 0.15) is 23.4 Å². The molecular formula is C24H22F2N4O. The molecular weight excluding hydrogens is 398 g/mol. The van der Waals surface area contributed by atoms with Crippen molar-refractivity contribution in [2.24, 2.45) is 0 Å². The van der Waals surface area contributed by atoms with Crippen LogP contribution in [-0.4, -0.2) is 27.5 Å². The van der Waals surface area contributed by atoms with E-state index in [4.69, 9.17) is 9.72 Å². The Morgan fingerprint density at radius 1 is 1.10 bits per heavy atom. The summed E-state index contributed by atoms with van der Waals surface area (Å²) in [4.78, 5) is 11.3.